The monoisotopic (exact) mass is 587 g/mol. The van der Waals surface area contributed by atoms with Crippen molar-refractivity contribution >= 4 is 29.7 Å². The molecule has 230 valence electrons. The molecule has 0 aromatic heterocycles. The summed E-state index contributed by atoms with van der Waals surface area (Å²) < 4.78 is 21.0. The van der Waals surface area contributed by atoms with Gasteiger partial charge in [-0.15, -0.1) is 0 Å². The minimum Gasteiger partial charge on any atom is -0.482 e. The fourth-order valence-corrected chi connectivity index (χ4v) is 5.64. The maximum atomic E-state index is 12.9. The molecule has 0 N–H and O–H groups in total. The van der Waals surface area contributed by atoms with Crippen LogP contribution in [0.1, 0.15) is 69.2 Å². The number of piperazine rings is 1. The summed E-state index contributed by atoms with van der Waals surface area (Å²) in [4.78, 5) is 66.4. The number of carbonyl (C=O) groups is 5. The Morgan fingerprint density at radius 2 is 1.60 bits per heavy atom. The topological polar surface area (TPSA) is 132 Å². The number of likely N-dealkylation sites (tertiary alicyclic amines) is 1. The van der Waals surface area contributed by atoms with E-state index in [1.54, 1.807) is 34.1 Å². The van der Waals surface area contributed by atoms with Gasteiger partial charge in [0.15, 0.2) is 12.4 Å². The molecule has 2 amide bonds. The van der Waals surface area contributed by atoms with Crippen LogP contribution in [0.3, 0.4) is 0 Å². The van der Waals surface area contributed by atoms with Gasteiger partial charge in [0.1, 0.15) is 11.9 Å². The second kappa shape index (κ2) is 15.0. The lowest BCUT2D eigenvalue weighted by atomic mass is 9.98. The molecule has 42 heavy (non-hydrogen) atoms. The maximum Gasteiger partial charge on any atom is 0.412 e. The van der Waals surface area contributed by atoms with Gasteiger partial charge in [0.05, 0.1) is 13.1 Å². The second-order valence-corrected chi connectivity index (χ2v) is 11.1. The van der Waals surface area contributed by atoms with Crippen LogP contribution in [0.25, 0.3) is 0 Å². The Morgan fingerprint density at radius 1 is 0.905 bits per heavy atom. The number of Topliss-reactive ketones (excluding diaryl/α,β-unsaturated/α-hetero) is 1. The van der Waals surface area contributed by atoms with Crippen molar-refractivity contribution in [3.05, 3.63) is 29.8 Å². The molecule has 1 saturated carbocycles. The maximum absolute atomic E-state index is 12.9. The average molecular weight is 588 g/mol. The van der Waals surface area contributed by atoms with Crippen LogP contribution in [-0.4, -0.2) is 109 Å². The van der Waals surface area contributed by atoms with Gasteiger partial charge in [0, 0.05) is 51.6 Å². The summed E-state index contributed by atoms with van der Waals surface area (Å²) in [5, 5.41) is 0. The van der Waals surface area contributed by atoms with E-state index < -0.39 is 24.3 Å². The second-order valence-electron chi connectivity index (χ2n) is 11.1. The zero-order valence-electron chi connectivity index (χ0n) is 24.5. The highest BCUT2D eigenvalue weighted by Gasteiger charge is 2.33. The molecule has 0 radical (unpaired) electrons. The van der Waals surface area contributed by atoms with Gasteiger partial charge in [-0.1, -0.05) is 6.42 Å². The Hall–Kier alpha value is -3.67. The van der Waals surface area contributed by atoms with Crippen LogP contribution in [0.2, 0.25) is 0 Å². The highest BCUT2D eigenvalue weighted by molar-refractivity contribution is 5.99. The van der Waals surface area contributed by atoms with Crippen LogP contribution in [0.15, 0.2) is 24.3 Å². The molecule has 2 heterocycles. The number of ketones is 1. The number of benzene rings is 1. The van der Waals surface area contributed by atoms with Crippen molar-refractivity contribution in [2.24, 2.45) is 0 Å². The predicted molar refractivity (Wildman–Crippen MR) is 150 cm³/mol. The van der Waals surface area contributed by atoms with Crippen LogP contribution in [0, 0.1) is 0 Å². The summed E-state index contributed by atoms with van der Waals surface area (Å²) >= 11 is 0. The Kier molecular flexibility index (Phi) is 11.2. The molecule has 1 aliphatic carbocycles. The van der Waals surface area contributed by atoms with Gasteiger partial charge in [-0.2, -0.15) is 0 Å². The van der Waals surface area contributed by atoms with E-state index in [1.807, 2.05) is 0 Å². The van der Waals surface area contributed by atoms with Crippen molar-refractivity contribution in [2.75, 3.05) is 45.9 Å². The van der Waals surface area contributed by atoms with Crippen LogP contribution < -0.4 is 4.74 Å². The molecular weight excluding hydrogens is 546 g/mol. The number of ether oxygens (including phenoxy) is 4. The third-order valence-electron chi connectivity index (χ3n) is 7.90. The number of rotatable bonds is 10. The van der Waals surface area contributed by atoms with Crippen molar-refractivity contribution in [1.29, 1.82) is 0 Å². The molecule has 1 atom stereocenters. The standard InChI is InChI=1S/C30H41N3O9/c1-21(34)40-22(2)41-30(38)31-14-12-24(13-15-31)32-16-17-33(28(36)19-32)18-27(35)23-8-10-25(11-9-23)39-20-29(37)42-26-6-4-3-5-7-26/h8-11,22,24,26H,3-7,12-20H2,1-2H3. The van der Waals surface area contributed by atoms with Crippen LogP contribution in [0.4, 0.5) is 4.79 Å². The first-order valence-corrected chi connectivity index (χ1v) is 14.8. The summed E-state index contributed by atoms with van der Waals surface area (Å²) in [6.45, 7) is 4.81. The summed E-state index contributed by atoms with van der Waals surface area (Å²) in [6.07, 6.45) is 5.03. The Morgan fingerprint density at radius 3 is 2.24 bits per heavy atom. The fourth-order valence-electron chi connectivity index (χ4n) is 5.64. The van der Waals surface area contributed by atoms with Gasteiger partial charge in [-0.3, -0.25) is 19.3 Å². The largest absolute Gasteiger partial charge is 0.482 e. The Labute approximate surface area is 246 Å². The first kappa shape index (κ1) is 31.3. The highest BCUT2D eigenvalue weighted by atomic mass is 16.7. The molecule has 12 heteroatoms. The van der Waals surface area contributed by atoms with Crippen molar-refractivity contribution in [3.8, 4) is 5.75 Å². The van der Waals surface area contributed by atoms with Crippen LogP contribution in [0.5, 0.6) is 5.75 Å². The van der Waals surface area contributed by atoms with E-state index in [0.717, 1.165) is 25.7 Å². The summed E-state index contributed by atoms with van der Waals surface area (Å²) in [5.41, 5.74) is 0.463. The van der Waals surface area contributed by atoms with Gasteiger partial charge in [-0.05, 0) is 62.8 Å². The van der Waals surface area contributed by atoms with Gasteiger partial charge >= 0.3 is 18.0 Å². The van der Waals surface area contributed by atoms with E-state index in [2.05, 4.69) is 4.90 Å². The number of hydrogen-bond acceptors (Lipinski definition) is 10. The molecule has 0 bridgehead atoms. The molecule has 1 unspecified atom stereocenters. The van der Waals surface area contributed by atoms with E-state index in [-0.39, 0.29) is 43.5 Å². The fraction of sp³-hybridized carbons (Fsp3) is 0.633. The number of carbonyl (C=O) groups excluding carboxylic acids is 5. The minimum absolute atomic E-state index is 0.00854. The van der Waals surface area contributed by atoms with E-state index in [0.29, 0.717) is 50.3 Å². The normalized spacial score (nSPS) is 19.6. The molecule has 3 aliphatic rings. The van der Waals surface area contributed by atoms with Gasteiger partial charge in [0.25, 0.3) is 0 Å². The van der Waals surface area contributed by atoms with Crippen molar-refractivity contribution in [2.45, 2.75) is 77.2 Å². The van der Waals surface area contributed by atoms with E-state index >= 15 is 0 Å². The van der Waals surface area contributed by atoms with Gasteiger partial charge in [-0.25, -0.2) is 9.59 Å². The van der Waals surface area contributed by atoms with E-state index in [4.69, 9.17) is 18.9 Å². The van der Waals surface area contributed by atoms with Crippen LogP contribution in [-0.2, 0) is 28.6 Å². The molecule has 1 aromatic carbocycles. The molecule has 1 aromatic rings. The number of amides is 2. The Balaban J connectivity index is 1.16. The molecule has 4 rings (SSSR count). The molecule has 2 saturated heterocycles. The summed E-state index contributed by atoms with van der Waals surface area (Å²) in [7, 11) is 0. The third-order valence-corrected chi connectivity index (χ3v) is 7.90. The first-order chi connectivity index (χ1) is 20.2. The lowest BCUT2D eigenvalue weighted by Gasteiger charge is -2.42. The van der Waals surface area contributed by atoms with Crippen molar-refractivity contribution in [1.82, 2.24) is 14.7 Å². The van der Waals surface area contributed by atoms with Gasteiger partial charge in [0.2, 0.25) is 12.2 Å². The van der Waals surface area contributed by atoms with Crippen molar-refractivity contribution in [3.63, 3.8) is 0 Å². The summed E-state index contributed by atoms with van der Waals surface area (Å²) in [5.74, 6) is -0.723. The van der Waals surface area contributed by atoms with E-state index in [1.165, 1.54) is 20.3 Å². The molecule has 12 nitrogen and oxygen atoms in total. The molecular formula is C30H41N3O9. The quantitative estimate of drug-likeness (QED) is 0.229. The summed E-state index contributed by atoms with van der Waals surface area (Å²) in [6, 6.07) is 6.70. The average Bonchev–Trinajstić information content (AvgIpc) is 2.97. The number of piperidine rings is 1. The minimum atomic E-state index is -0.950. The lowest BCUT2D eigenvalue weighted by molar-refractivity contribution is -0.163. The predicted octanol–water partition coefficient (Wildman–Crippen LogP) is 2.78. The van der Waals surface area contributed by atoms with E-state index in [9.17, 15) is 24.0 Å². The third kappa shape index (κ3) is 9.17. The smallest absolute Gasteiger partial charge is 0.412 e. The lowest BCUT2D eigenvalue weighted by Crippen LogP contribution is -2.56. The number of esters is 2. The zero-order valence-corrected chi connectivity index (χ0v) is 24.5. The molecule has 2 aliphatic heterocycles. The number of nitrogens with zero attached hydrogens (tertiary/aromatic N) is 3. The van der Waals surface area contributed by atoms with Crippen LogP contribution >= 0.6 is 0 Å². The van der Waals surface area contributed by atoms with Crippen molar-refractivity contribution < 1.29 is 42.9 Å². The number of hydrogen-bond donors (Lipinski definition) is 0. The SMILES string of the molecule is CC(=O)OC(C)OC(=O)N1CCC(N2CCN(CC(=O)c3ccc(OCC(=O)OC4CCCCC4)cc3)C(=O)C2)CC1. The zero-order chi connectivity index (χ0) is 30.1. The van der Waals surface area contributed by atoms with Gasteiger partial charge < -0.3 is 28.7 Å². The highest BCUT2D eigenvalue weighted by Crippen LogP contribution is 2.22. The molecule has 0 spiro atoms. The first-order valence-electron chi connectivity index (χ1n) is 14.8. The Bertz CT molecular complexity index is 1110. The molecule has 3 fully saturated rings.